The second-order valence-corrected chi connectivity index (χ2v) is 3.04. The van der Waals surface area contributed by atoms with Gasteiger partial charge >= 0.3 is 0 Å². The highest BCUT2D eigenvalue weighted by Crippen LogP contribution is 2.30. The number of halogens is 5. The zero-order valence-electron chi connectivity index (χ0n) is 7.96. The summed E-state index contributed by atoms with van der Waals surface area (Å²) in [6, 6.07) is 2.07. The predicted octanol–water partition coefficient (Wildman–Crippen LogP) is 2.01. The van der Waals surface area contributed by atoms with Gasteiger partial charge in [-0.2, -0.15) is 0 Å². The van der Waals surface area contributed by atoms with Crippen molar-refractivity contribution in [3.63, 3.8) is 0 Å². The summed E-state index contributed by atoms with van der Waals surface area (Å²) in [6.45, 7) is -1.08. The summed E-state index contributed by atoms with van der Waals surface area (Å²) >= 11 is 0. The van der Waals surface area contributed by atoms with Crippen LogP contribution in [-0.2, 0) is 0 Å². The molecule has 0 saturated heterocycles. The summed E-state index contributed by atoms with van der Waals surface area (Å²) in [5, 5.41) is 9.14. The Bertz CT molecular complexity index is 361. The molecule has 0 saturated carbocycles. The van der Waals surface area contributed by atoms with Gasteiger partial charge < -0.3 is 10.8 Å². The van der Waals surface area contributed by atoms with Crippen molar-refractivity contribution in [2.75, 3.05) is 6.54 Å². The van der Waals surface area contributed by atoms with Crippen molar-refractivity contribution in [3.8, 4) is 0 Å². The molecule has 1 rings (SSSR count). The second kappa shape index (κ2) is 5.47. The Kier molecular flexibility index (Phi) is 5.18. The van der Waals surface area contributed by atoms with Gasteiger partial charge in [0.25, 0.3) is 5.92 Å². The van der Waals surface area contributed by atoms with Gasteiger partial charge in [-0.3, -0.25) is 0 Å². The van der Waals surface area contributed by atoms with E-state index in [0.717, 1.165) is 6.07 Å². The van der Waals surface area contributed by atoms with Crippen LogP contribution in [0.15, 0.2) is 18.2 Å². The van der Waals surface area contributed by atoms with E-state index < -0.39 is 35.8 Å². The average molecular weight is 260 g/mol. The van der Waals surface area contributed by atoms with E-state index >= 15 is 0 Å². The molecule has 92 valence electrons. The minimum Gasteiger partial charge on any atom is -0.382 e. The van der Waals surface area contributed by atoms with E-state index in [1.54, 1.807) is 0 Å². The third-order valence-corrected chi connectivity index (χ3v) is 1.93. The van der Waals surface area contributed by atoms with Crippen LogP contribution >= 0.6 is 12.4 Å². The van der Waals surface area contributed by atoms with Crippen LogP contribution in [0.3, 0.4) is 0 Å². The summed E-state index contributed by atoms with van der Waals surface area (Å²) in [5.41, 5.74) is 4.32. The lowest BCUT2D eigenvalue weighted by atomic mass is 10.0. The van der Waals surface area contributed by atoms with E-state index in [1.807, 2.05) is 0 Å². The standard InChI is InChI=1S/C9H9F4NO.ClH/c10-6-2-1-5(3-7(6)11)8(15)9(12,13)4-14;/h1-3,8,15H,4,14H2;1H. The van der Waals surface area contributed by atoms with Gasteiger partial charge in [-0.15, -0.1) is 12.4 Å². The zero-order chi connectivity index (χ0) is 11.6. The fourth-order valence-corrected chi connectivity index (χ4v) is 1.04. The van der Waals surface area contributed by atoms with Gasteiger partial charge in [0.15, 0.2) is 11.6 Å². The van der Waals surface area contributed by atoms with E-state index in [-0.39, 0.29) is 12.4 Å². The van der Waals surface area contributed by atoms with E-state index in [2.05, 4.69) is 0 Å². The Labute approximate surface area is 95.5 Å². The monoisotopic (exact) mass is 259 g/mol. The first kappa shape index (κ1) is 15.2. The van der Waals surface area contributed by atoms with Gasteiger partial charge in [-0.05, 0) is 17.7 Å². The van der Waals surface area contributed by atoms with Crippen LogP contribution in [0.2, 0.25) is 0 Å². The molecule has 0 bridgehead atoms. The molecule has 0 aliphatic rings. The fourth-order valence-electron chi connectivity index (χ4n) is 1.04. The van der Waals surface area contributed by atoms with E-state index in [4.69, 9.17) is 10.8 Å². The summed E-state index contributed by atoms with van der Waals surface area (Å²) in [6.07, 6.45) is -2.24. The van der Waals surface area contributed by atoms with Crippen LogP contribution in [0.5, 0.6) is 0 Å². The summed E-state index contributed by atoms with van der Waals surface area (Å²) in [7, 11) is 0. The average Bonchev–Trinajstić information content (AvgIpc) is 2.21. The Morgan fingerprint density at radius 3 is 2.25 bits per heavy atom. The number of rotatable bonds is 3. The smallest absolute Gasteiger partial charge is 0.289 e. The van der Waals surface area contributed by atoms with E-state index in [0.29, 0.717) is 12.1 Å². The van der Waals surface area contributed by atoms with Crippen molar-refractivity contribution < 1.29 is 22.7 Å². The lowest BCUT2D eigenvalue weighted by molar-refractivity contribution is -0.102. The lowest BCUT2D eigenvalue weighted by Gasteiger charge is -2.21. The first-order valence-corrected chi connectivity index (χ1v) is 4.09. The van der Waals surface area contributed by atoms with Crippen LogP contribution in [0.1, 0.15) is 11.7 Å². The molecular weight excluding hydrogens is 250 g/mol. The highest BCUT2D eigenvalue weighted by molar-refractivity contribution is 5.85. The molecule has 1 aromatic carbocycles. The van der Waals surface area contributed by atoms with Crippen molar-refractivity contribution in [2.24, 2.45) is 5.73 Å². The molecule has 7 heteroatoms. The topological polar surface area (TPSA) is 46.2 Å². The third-order valence-electron chi connectivity index (χ3n) is 1.93. The third kappa shape index (κ3) is 3.07. The molecule has 1 atom stereocenters. The maximum Gasteiger partial charge on any atom is 0.289 e. The Morgan fingerprint density at radius 2 is 1.81 bits per heavy atom. The number of aliphatic hydroxyl groups is 1. The molecule has 1 unspecified atom stereocenters. The van der Waals surface area contributed by atoms with E-state index in [9.17, 15) is 17.6 Å². The quantitative estimate of drug-likeness (QED) is 0.816. The summed E-state index contributed by atoms with van der Waals surface area (Å²) < 4.78 is 50.9. The van der Waals surface area contributed by atoms with Crippen molar-refractivity contribution >= 4 is 12.4 Å². The molecule has 0 fully saturated rings. The number of hydrogen-bond acceptors (Lipinski definition) is 2. The number of hydrogen-bond donors (Lipinski definition) is 2. The Morgan fingerprint density at radius 1 is 1.25 bits per heavy atom. The van der Waals surface area contributed by atoms with Gasteiger partial charge in [0.05, 0.1) is 6.54 Å². The number of alkyl halides is 2. The number of aliphatic hydroxyl groups excluding tert-OH is 1. The van der Waals surface area contributed by atoms with Gasteiger partial charge in [0, 0.05) is 0 Å². The molecule has 3 N–H and O–H groups in total. The first-order chi connectivity index (χ1) is 6.88. The molecule has 2 nitrogen and oxygen atoms in total. The number of nitrogens with two attached hydrogens (primary N) is 1. The van der Waals surface area contributed by atoms with Gasteiger partial charge in [0.1, 0.15) is 6.10 Å². The van der Waals surface area contributed by atoms with Crippen LogP contribution < -0.4 is 5.73 Å². The van der Waals surface area contributed by atoms with Crippen LogP contribution in [0.25, 0.3) is 0 Å². The summed E-state index contributed by atoms with van der Waals surface area (Å²) in [5.74, 6) is -6.02. The zero-order valence-corrected chi connectivity index (χ0v) is 8.78. The van der Waals surface area contributed by atoms with Crippen molar-refractivity contribution in [1.82, 2.24) is 0 Å². The molecule has 0 aromatic heterocycles. The molecule has 0 aliphatic heterocycles. The Balaban J connectivity index is 0.00000225. The predicted molar refractivity (Wildman–Crippen MR) is 52.6 cm³/mol. The SMILES string of the molecule is Cl.NCC(F)(F)C(O)c1ccc(F)c(F)c1. The Hall–Kier alpha value is -0.850. The molecule has 1 aromatic rings. The molecule has 0 amide bonds. The molecule has 0 radical (unpaired) electrons. The molecule has 0 spiro atoms. The lowest BCUT2D eigenvalue weighted by Crippen LogP contribution is -2.34. The molecule has 0 aliphatic carbocycles. The molecule has 0 heterocycles. The second-order valence-electron chi connectivity index (χ2n) is 3.04. The largest absolute Gasteiger partial charge is 0.382 e. The summed E-state index contributed by atoms with van der Waals surface area (Å²) in [4.78, 5) is 0. The van der Waals surface area contributed by atoms with Crippen LogP contribution in [0, 0.1) is 11.6 Å². The number of benzene rings is 1. The van der Waals surface area contributed by atoms with Crippen molar-refractivity contribution in [1.29, 1.82) is 0 Å². The first-order valence-electron chi connectivity index (χ1n) is 4.09. The molecule has 16 heavy (non-hydrogen) atoms. The molecular formula is C9H10ClF4NO. The minimum absolute atomic E-state index is 0. The highest BCUT2D eigenvalue weighted by Gasteiger charge is 2.38. The minimum atomic E-state index is -3.57. The fraction of sp³-hybridized carbons (Fsp3) is 0.333. The van der Waals surface area contributed by atoms with Gasteiger partial charge in [0.2, 0.25) is 0 Å². The van der Waals surface area contributed by atoms with Crippen LogP contribution in [0.4, 0.5) is 17.6 Å². The van der Waals surface area contributed by atoms with Crippen LogP contribution in [-0.4, -0.2) is 17.6 Å². The van der Waals surface area contributed by atoms with E-state index in [1.165, 1.54) is 0 Å². The van der Waals surface area contributed by atoms with Gasteiger partial charge in [-0.1, -0.05) is 6.07 Å². The maximum absolute atomic E-state index is 12.9. The van der Waals surface area contributed by atoms with Crippen molar-refractivity contribution in [2.45, 2.75) is 12.0 Å². The normalized spacial score (nSPS) is 13.1. The highest BCUT2D eigenvalue weighted by atomic mass is 35.5. The van der Waals surface area contributed by atoms with Crippen molar-refractivity contribution in [3.05, 3.63) is 35.4 Å². The maximum atomic E-state index is 12.9. The van der Waals surface area contributed by atoms with Gasteiger partial charge in [-0.25, -0.2) is 17.6 Å².